The summed E-state index contributed by atoms with van der Waals surface area (Å²) in [6.07, 6.45) is 0.420. The van der Waals surface area contributed by atoms with E-state index in [9.17, 15) is 19.2 Å². The summed E-state index contributed by atoms with van der Waals surface area (Å²) in [5, 5.41) is 6.16. The number of amides is 3. The Kier molecular flexibility index (Phi) is 9.93. The second-order valence-corrected chi connectivity index (χ2v) is 10.4. The fourth-order valence-electron chi connectivity index (χ4n) is 4.67. The molecule has 0 aliphatic carbocycles. The Morgan fingerprint density at radius 2 is 1.62 bits per heavy atom. The van der Waals surface area contributed by atoms with Gasteiger partial charge < -0.3 is 21.3 Å². The largest absolute Gasteiger partial charge is 0.342 e. The van der Waals surface area contributed by atoms with Crippen molar-refractivity contribution in [1.29, 1.82) is 0 Å². The Morgan fingerprint density at radius 3 is 2.35 bits per heavy atom. The quantitative estimate of drug-likeness (QED) is 0.307. The van der Waals surface area contributed by atoms with Crippen LogP contribution in [0.15, 0.2) is 72.8 Å². The van der Waals surface area contributed by atoms with Crippen LogP contribution in [0.25, 0.3) is 0 Å². The van der Waals surface area contributed by atoms with Gasteiger partial charge in [-0.3, -0.25) is 19.2 Å². The summed E-state index contributed by atoms with van der Waals surface area (Å²) in [4.78, 5) is 54.2. The number of nitrogens with zero attached hydrogens (tertiary/aromatic N) is 1. The molecule has 0 saturated heterocycles. The lowest BCUT2D eigenvalue weighted by atomic mass is 9.92. The molecule has 0 radical (unpaired) electrons. The van der Waals surface area contributed by atoms with Crippen molar-refractivity contribution in [3.05, 3.63) is 99.5 Å². The number of rotatable bonds is 10. The molecule has 10 heteroatoms. The van der Waals surface area contributed by atoms with Crippen LogP contribution in [0.4, 0.5) is 5.69 Å². The Balaban J connectivity index is 1.50. The monoisotopic (exact) mass is 580 g/mol. The van der Waals surface area contributed by atoms with E-state index >= 15 is 0 Å². The number of hydrogen-bond donors (Lipinski definition) is 3. The third kappa shape index (κ3) is 7.27. The molecule has 4 N–H and O–H groups in total. The van der Waals surface area contributed by atoms with Crippen LogP contribution >= 0.6 is 23.2 Å². The molecule has 1 aliphatic rings. The van der Waals surface area contributed by atoms with Crippen LogP contribution < -0.4 is 16.4 Å². The molecular weight excluding hydrogens is 551 g/mol. The number of hydrogen-bond acceptors (Lipinski definition) is 5. The number of anilines is 1. The number of carbonyl (C=O) groups excluding carboxylic acids is 4. The van der Waals surface area contributed by atoms with Crippen LogP contribution in [0.5, 0.6) is 0 Å². The standard InChI is InChI=1S/C30H30Cl2N4O4/c31-22-10-11-23(32)25(17-22)35-29(39)24(14-15-33)34-30(40)26-16-20-8-4-5-9-21(20)18-36(26)28(38)13-12-27(37)19-6-2-1-3-7-19/h1-11,17,24,26H,12-16,18,33H2,(H,34,40)(H,35,39)/t24-,26-/m0/s1. The van der Waals surface area contributed by atoms with E-state index in [4.69, 9.17) is 28.9 Å². The van der Waals surface area contributed by atoms with Crippen molar-refractivity contribution < 1.29 is 19.2 Å². The minimum Gasteiger partial charge on any atom is -0.342 e. The molecule has 4 rings (SSSR count). The first-order valence-corrected chi connectivity index (χ1v) is 13.7. The van der Waals surface area contributed by atoms with E-state index in [1.165, 1.54) is 11.0 Å². The maximum Gasteiger partial charge on any atom is 0.247 e. The Hall–Kier alpha value is -3.72. The predicted molar refractivity (Wildman–Crippen MR) is 155 cm³/mol. The summed E-state index contributed by atoms with van der Waals surface area (Å²) in [7, 11) is 0. The second kappa shape index (κ2) is 13.6. The highest BCUT2D eigenvalue weighted by Gasteiger charge is 2.36. The maximum absolute atomic E-state index is 13.6. The number of ketones is 1. The summed E-state index contributed by atoms with van der Waals surface area (Å²) in [6, 6.07) is 19.2. The first-order valence-electron chi connectivity index (χ1n) is 13.0. The molecule has 0 saturated carbocycles. The van der Waals surface area contributed by atoms with E-state index in [0.29, 0.717) is 21.3 Å². The van der Waals surface area contributed by atoms with Gasteiger partial charge in [-0.25, -0.2) is 0 Å². The summed E-state index contributed by atoms with van der Waals surface area (Å²) < 4.78 is 0. The minimum absolute atomic E-state index is 0.0218. The van der Waals surface area contributed by atoms with E-state index < -0.39 is 23.9 Å². The van der Waals surface area contributed by atoms with E-state index in [1.54, 1.807) is 36.4 Å². The van der Waals surface area contributed by atoms with Crippen molar-refractivity contribution >= 4 is 52.4 Å². The van der Waals surface area contributed by atoms with Crippen LogP contribution in [0, 0.1) is 0 Å². The number of halogens is 2. The van der Waals surface area contributed by atoms with Crippen LogP contribution in [-0.2, 0) is 27.3 Å². The van der Waals surface area contributed by atoms with Crippen LogP contribution in [-0.4, -0.2) is 47.0 Å². The van der Waals surface area contributed by atoms with Crippen molar-refractivity contribution in [2.45, 2.75) is 44.3 Å². The Labute approximate surface area is 242 Å². The van der Waals surface area contributed by atoms with Gasteiger partial charge in [0.2, 0.25) is 17.7 Å². The average molecular weight is 582 g/mol. The average Bonchev–Trinajstić information content (AvgIpc) is 2.97. The van der Waals surface area contributed by atoms with E-state index in [-0.39, 0.29) is 50.5 Å². The molecule has 0 bridgehead atoms. The van der Waals surface area contributed by atoms with Gasteiger partial charge in [0.05, 0.1) is 10.7 Å². The van der Waals surface area contributed by atoms with Crippen LogP contribution in [0.3, 0.4) is 0 Å². The van der Waals surface area contributed by atoms with Crippen LogP contribution in [0.2, 0.25) is 10.0 Å². The summed E-state index contributed by atoms with van der Waals surface area (Å²) in [6.45, 7) is 0.359. The highest BCUT2D eigenvalue weighted by Crippen LogP contribution is 2.27. The molecule has 1 aliphatic heterocycles. The number of nitrogens with one attached hydrogen (secondary N) is 2. The topological polar surface area (TPSA) is 122 Å². The molecule has 1 heterocycles. The summed E-state index contributed by atoms with van der Waals surface area (Å²) in [5.41, 5.74) is 8.46. The molecule has 3 amide bonds. The SMILES string of the molecule is NCC[C@H](NC(=O)[C@@H]1Cc2ccccc2CN1C(=O)CCC(=O)c1ccccc1)C(=O)Nc1cc(Cl)ccc1Cl. The number of Topliss-reactive ketones (excluding diaryl/α,β-unsaturated/α-hetero) is 1. The van der Waals surface area contributed by atoms with E-state index in [0.717, 1.165) is 11.1 Å². The Bertz CT molecular complexity index is 1400. The van der Waals surface area contributed by atoms with Gasteiger partial charge in [-0.2, -0.15) is 0 Å². The number of nitrogens with two attached hydrogens (primary N) is 1. The second-order valence-electron chi connectivity index (χ2n) is 9.55. The van der Waals surface area contributed by atoms with Gasteiger partial charge in [-0.15, -0.1) is 0 Å². The van der Waals surface area contributed by atoms with Gasteiger partial charge in [0.25, 0.3) is 0 Å². The van der Waals surface area contributed by atoms with Gasteiger partial charge in [-0.1, -0.05) is 77.8 Å². The fraction of sp³-hybridized carbons (Fsp3) is 0.267. The summed E-state index contributed by atoms with van der Waals surface area (Å²) >= 11 is 12.2. The number of carbonyl (C=O) groups is 4. The highest BCUT2D eigenvalue weighted by atomic mass is 35.5. The predicted octanol–water partition coefficient (Wildman–Crippen LogP) is 4.38. The van der Waals surface area contributed by atoms with E-state index in [2.05, 4.69) is 10.6 Å². The van der Waals surface area contributed by atoms with E-state index in [1.807, 2.05) is 30.3 Å². The first-order chi connectivity index (χ1) is 19.3. The van der Waals surface area contributed by atoms with Crippen molar-refractivity contribution in [1.82, 2.24) is 10.2 Å². The molecule has 0 aromatic heterocycles. The van der Waals surface area contributed by atoms with Gasteiger partial charge in [-0.05, 0) is 42.3 Å². The lowest BCUT2D eigenvalue weighted by Gasteiger charge is -2.36. The molecule has 8 nitrogen and oxygen atoms in total. The van der Waals surface area contributed by atoms with Crippen LogP contribution in [0.1, 0.15) is 40.7 Å². The third-order valence-electron chi connectivity index (χ3n) is 6.81. The van der Waals surface area contributed by atoms with Gasteiger partial charge in [0.1, 0.15) is 12.1 Å². The molecule has 0 spiro atoms. The molecule has 2 atom stereocenters. The van der Waals surface area contributed by atoms with Gasteiger partial charge in [0.15, 0.2) is 5.78 Å². The Morgan fingerprint density at radius 1 is 0.925 bits per heavy atom. The molecule has 3 aromatic rings. The van der Waals surface area contributed by atoms with Crippen molar-refractivity contribution in [2.75, 3.05) is 11.9 Å². The zero-order valence-electron chi connectivity index (χ0n) is 21.7. The zero-order chi connectivity index (χ0) is 28.6. The first kappa shape index (κ1) is 29.3. The molecule has 0 unspecified atom stereocenters. The summed E-state index contributed by atoms with van der Waals surface area (Å²) in [5.74, 6) is -1.45. The van der Waals surface area contributed by atoms with Gasteiger partial charge >= 0.3 is 0 Å². The maximum atomic E-state index is 13.6. The normalized spacial score (nSPS) is 15.1. The minimum atomic E-state index is -0.971. The third-order valence-corrected chi connectivity index (χ3v) is 7.37. The molecule has 40 heavy (non-hydrogen) atoms. The lowest BCUT2D eigenvalue weighted by Crippen LogP contribution is -2.56. The number of benzene rings is 3. The highest BCUT2D eigenvalue weighted by molar-refractivity contribution is 6.35. The molecule has 3 aromatic carbocycles. The van der Waals surface area contributed by atoms with Crippen molar-refractivity contribution in [3.8, 4) is 0 Å². The molecule has 208 valence electrons. The van der Waals surface area contributed by atoms with Gasteiger partial charge in [0, 0.05) is 36.4 Å². The van der Waals surface area contributed by atoms with Crippen molar-refractivity contribution in [3.63, 3.8) is 0 Å². The molecule has 0 fully saturated rings. The van der Waals surface area contributed by atoms with Crippen molar-refractivity contribution in [2.24, 2.45) is 5.73 Å². The number of fused-ring (bicyclic) bond motifs is 1. The zero-order valence-corrected chi connectivity index (χ0v) is 23.3. The lowest BCUT2D eigenvalue weighted by molar-refractivity contribution is -0.142. The fourth-order valence-corrected chi connectivity index (χ4v) is 5.01. The molecular formula is C30H30Cl2N4O4. The smallest absolute Gasteiger partial charge is 0.247 e.